The number of amides is 1. The van der Waals surface area contributed by atoms with Gasteiger partial charge in [0, 0.05) is 35.4 Å². The molecule has 4 nitrogen and oxygen atoms in total. The molecule has 3 rings (SSSR count). The molecular formula is C17H18N2O2. The Labute approximate surface area is 123 Å². The van der Waals surface area contributed by atoms with Crippen molar-refractivity contribution in [1.29, 1.82) is 0 Å². The number of hydrogen-bond acceptors (Lipinski definition) is 3. The van der Waals surface area contributed by atoms with Crippen LogP contribution in [-0.2, 0) is 12.8 Å². The molecule has 108 valence electrons. The summed E-state index contributed by atoms with van der Waals surface area (Å²) < 4.78 is 5.98. The number of carbonyl (C=O) groups excluding carboxylic acids is 1. The third kappa shape index (κ3) is 2.65. The second-order valence-electron chi connectivity index (χ2n) is 5.32. The van der Waals surface area contributed by atoms with Gasteiger partial charge in [-0.25, -0.2) is 0 Å². The third-order valence-corrected chi connectivity index (χ3v) is 3.92. The lowest BCUT2D eigenvalue weighted by atomic mass is 10.0. The Bertz CT molecular complexity index is 749. The minimum Gasteiger partial charge on any atom is -0.461 e. The monoisotopic (exact) mass is 282 g/mol. The van der Waals surface area contributed by atoms with Crippen LogP contribution < -0.4 is 11.1 Å². The minimum absolute atomic E-state index is 0.315. The highest BCUT2D eigenvalue weighted by atomic mass is 16.3. The quantitative estimate of drug-likeness (QED) is 0.828. The van der Waals surface area contributed by atoms with Gasteiger partial charge in [-0.1, -0.05) is 0 Å². The molecule has 1 aliphatic rings. The fraction of sp³-hybridized carbons (Fsp3) is 0.353. The standard InChI is InChI=1S/C17H18N2O2/c1-2-3-4-12-10-16-13(7-8-19-12)14-9-11(17(18)20)5-6-15(14)21-16/h5-6,9,12,19H,4,7-8,10H2,1H3,(H2,18,20). The van der Waals surface area contributed by atoms with Gasteiger partial charge in [-0.3, -0.25) is 4.79 Å². The average molecular weight is 282 g/mol. The molecule has 3 N–H and O–H groups in total. The highest BCUT2D eigenvalue weighted by Gasteiger charge is 2.22. The number of furan rings is 1. The molecule has 0 aliphatic carbocycles. The summed E-state index contributed by atoms with van der Waals surface area (Å²) in [6.07, 6.45) is 2.53. The minimum atomic E-state index is -0.408. The Hall–Kier alpha value is -2.25. The summed E-state index contributed by atoms with van der Waals surface area (Å²) in [5, 5.41) is 4.50. The first-order valence-electron chi connectivity index (χ1n) is 7.16. The van der Waals surface area contributed by atoms with Crippen molar-refractivity contribution in [1.82, 2.24) is 5.32 Å². The smallest absolute Gasteiger partial charge is 0.248 e. The molecule has 4 heteroatoms. The Morgan fingerprint density at radius 2 is 2.38 bits per heavy atom. The molecule has 21 heavy (non-hydrogen) atoms. The number of nitrogens with two attached hydrogens (primary N) is 1. The Kier molecular flexibility index (Phi) is 3.68. The first-order valence-corrected chi connectivity index (χ1v) is 7.16. The predicted molar refractivity (Wildman–Crippen MR) is 82.0 cm³/mol. The van der Waals surface area contributed by atoms with Crippen LogP contribution in [-0.4, -0.2) is 18.5 Å². The summed E-state index contributed by atoms with van der Waals surface area (Å²) in [6, 6.07) is 5.70. The van der Waals surface area contributed by atoms with Gasteiger partial charge in [-0.05, 0) is 38.1 Å². The molecule has 1 aromatic heterocycles. The van der Waals surface area contributed by atoms with E-state index in [9.17, 15) is 4.79 Å². The molecule has 1 atom stereocenters. The molecular weight excluding hydrogens is 264 g/mol. The van der Waals surface area contributed by atoms with E-state index in [1.54, 1.807) is 6.07 Å². The van der Waals surface area contributed by atoms with Crippen LogP contribution in [0.3, 0.4) is 0 Å². The van der Waals surface area contributed by atoms with Crippen LogP contribution in [0.5, 0.6) is 0 Å². The topological polar surface area (TPSA) is 68.3 Å². The van der Waals surface area contributed by atoms with Crippen LogP contribution in [0.2, 0.25) is 0 Å². The number of carbonyl (C=O) groups is 1. The maximum absolute atomic E-state index is 11.3. The fourth-order valence-electron chi connectivity index (χ4n) is 2.86. The lowest BCUT2D eigenvalue weighted by Crippen LogP contribution is -2.30. The number of rotatable bonds is 2. The predicted octanol–water partition coefficient (Wildman–Crippen LogP) is 2.00. The van der Waals surface area contributed by atoms with Crippen molar-refractivity contribution >= 4 is 16.9 Å². The Balaban J connectivity index is 2.00. The molecule has 1 aromatic carbocycles. The van der Waals surface area contributed by atoms with Crippen molar-refractivity contribution in [3.8, 4) is 11.8 Å². The second kappa shape index (κ2) is 5.63. The molecule has 2 aromatic rings. The van der Waals surface area contributed by atoms with Gasteiger partial charge in [-0.2, -0.15) is 0 Å². The third-order valence-electron chi connectivity index (χ3n) is 3.92. The largest absolute Gasteiger partial charge is 0.461 e. The van der Waals surface area contributed by atoms with E-state index < -0.39 is 5.91 Å². The van der Waals surface area contributed by atoms with Crippen LogP contribution in [0.1, 0.15) is 35.0 Å². The molecule has 0 bridgehead atoms. The Morgan fingerprint density at radius 1 is 1.52 bits per heavy atom. The summed E-state index contributed by atoms with van der Waals surface area (Å²) in [6.45, 7) is 2.74. The van der Waals surface area contributed by atoms with Gasteiger partial charge < -0.3 is 15.5 Å². The number of hydrogen-bond donors (Lipinski definition) is 2. The average Bonchev–Trinajstić information content (AvgIpc) is 2.68. The molecule has 0 saturated heterocycles. The molecule has 1 aliphatic heterocycles. The van der Waals surface area contributed by atoms with Gasteiger partial charge in [0.1, 0.15) is 11.3 Å². The molecule has 0 fully saturated rings. The fourth-order valence-corrected chi connectivity index (χ4v) is 2.86. The van der Waals surface area contributed by atoms with Crippen molar-refractivity contribution in [3.63, 3.8) is 0 Å². The van der Waals surface area contributed by atoms with Gasteiger partial charge in [0.2, 0.25) is 5.91 Å². The first kappa shape index (κ1) is 13.7. The van der Waals surface area contributed by atoms with Crippen LogP contribution in [0.4, 0.5) is 0 Å². The highest BCUT2D eigenvalue weighted by molar-refractivity contribution is 5.97. The van der Waals surface area contributed by atoms with Gasteiger partial charge in [0.15, 0.2) is 0 Å². The van der Waals surface area contributed by atoms with Crippen LogP contribution >= 0.6 is 0 Å². The first-order chi connectivity index (χ1) is 10.2. The van der Waals surface area contributed by atoms with E-state index in [0.29, 0.717) is 11.6 Å². The number of benzene rings is 1. The maximum atomic E-state index is 11.3. The number of fused-ring (bicyclic) bond motifs is 3. The lowest BCUT2D eigenvalue weighted by Gasteiger charge is -2.11. The molecule has 0 spiro atoms. The Morgan fingerprint density at radius 3 is 3.14 bits per heavy atom. The van der Waals surface area contributed by atoms with Crippen molar-refractivity contribution in [3.05, 3.63) is 35.1 Å². The summed E-state index contributed by atoms with van der Waals surface area (Å²) in [7, 11) is 0. The molecule has 2 heterocycles. The van der Waals surface area contributed by atoms with Crippen LogP contribution in [0.25, 0.3) is 11.0 Å². The number of nitrogens with one attached hydrogen (secondary N) is 1. The normalized spacial score (nSPS) is 17.7. The van der Waals surface area contributed by atoms with Gasteiger partial charge in [0.25, 0.3) is 0 Å². The highest BCUT2D eigenvalue weighted by Crippen LogP contribution is 2.29. The van der Waals surface area contributed by atoms with Crippen molar-refractivity contribution in [2.24, 2.45) is 5.73 Å². The summed E-state index contributed by atoms with van der Waals surface area (Å²) in [4.78, 5) is 11.3. The summed E-state index contributed by atoms with van der Waals surface area (Å²) in [5.41, 5.74) is 7.90. The zero-order valence-corrected chi connectivity index (χ0v) is 12.0. The second-order valence-corrected chi connectivity index (χ2v) is 5.32. The van der Waals surface area contributed by atoms with Crippen LogP contribution in [0.15, 0.2) is 22.6 Å². The van der Waals surface area contributed by atoms with E-state index in [1.807, 2.05) is 19.1 Å². The van der Waals surface area contributed by atoms with Gasteiger partial charge in [-0.15, -0.1) is 11.8 Å². The molecule has 0 radical (unpaired) electrons. The molecule has 1 amide bonds. The lowest BCUT2D eigenvalue weighted by molar-refractivity contribution is 0.100. The summed E-state index contributed by atoms with van der Waals surface area (Å²) >= 11 is 0. The van der Waals surface area contributed by atoms with Crippen LogP contribution in [0, 0.1) is 11.8 Å². The van der Waals surface area contributed by atoms with Crippen molar-refractivity contribution < 1.29 is 9.21 Å². The molecule has 1 unspecified atom stereocenters. The van der Waals surface area contributed by atoms with Gasteiger partial charge in [0.05, 0.1) is 0 Å². The zero-order chi connectivity index (χ0) is 14.8. The van der Waals surface area contributed by atoms with Crippen molar-refractivity contribution in [2.75, 3.05) is 6.54 Å². The SMILES string of the molecule is CC#CCC1Cc2oc3ccc(C(N)=O)cc3c2CCN1. The molecule has 0 saturated carbocycles. The number of primary amides is 1. The summed E-state index contributed by atoms with van der Waals surface area (Å²) in [5.74, 6) is 6.64. The van der Waals surface area contributed by atoms with Crippen molar-refractivity contribution in [2.45, 2.75) is 32.2 Å². The van der Waals surface area contributed by atoms with Gasteiger partial charge >= 0.3 is 0 Å². The van der Waals surface area contributed by atoms with E-state index in [-0.39, 0.29) is 0 Å². The van der Waals surface area contributed by atoms with E-state index in [0.717, 1.165) is 42.5 Å². The van der Waals surface area contributed by atoms with E-state index in [1.165, 1.54) is 5.56 Å². The zero-order valence-electron chi connectivity index (χ0n) is 12.0. The van der Waals surface area contributed by atoms with E-state index in [2.05, 4.69) is 17.2 Å². The van der Waals surface area contributed by atoms with E-state index in [4.69, 9.17) is 10.2 Å². The maximum Gasteiger partial charge on any atom is 0.248 e. The van der Waals surface area contributed by atoms with E-state index >= 15 is 0 Å².